The molecule has 0 aliphatic rings. The topological polar surface area (TPSA) is 94.4 Å². The zero-order valence-electron chi connectivity index (χ0n) is 15.5. The van der Waals surface area contributed by atoms with Crippen molar-refractivity contribution >= 4 is 52.5 Å². The van der Waals surface area contributed by atoms with Crippen LogP contribution in [0.2, 0.25) is 0 Å². The lowest BCUT2D eigenvalue weighted by molar-refractivity contribution is -0.149. The minimum Gasteiger partial charge on any atom is -0.622 e. The molecule has 7 heteroatoms. The number of fused-ring (bicyclic) bond motifs is 2. The van der Waals surface area contributed by atoms with Crippen molar-refractivity contribution in [2.45, 2.75) is 0 Å². The fourth-order valence-electron chi connectivity index (χ4n) is 3.29. The van der Waals surface area contributed by atoms with E-state index < -0.39 is 19.4 Å². The van der Waals surface area contributed by atoms with Crippen LogP contribution in [0.1, 0.15) is 15.9 Å². The first-order valence-electron chi connectivity index (χ1n) is 8.86. The second-order valence-electron chi connectivity index (χ2n) is 6.68. The van der Waals surface area contributed by atoms with Crippen LogP contribution < -0.4 is 10.2 Å². The summed E-state index contributed by atoms with van der Waals surface area (Å²) in [6.45, 7) is 0. The number of nitrogens with one attached hydrogen (secondary N) is 1. The van der Waals surface area contributed by atoms with Gasteiger partial charge in [-0.25, -0.2) is 9.59 Å². The van der Waals surface area contributed by atoms with Crippen LogP contribution in [-0.4, -0.2) is 27.1 Å². The number of carbonyl (C=O) groups excluding carboxylic acids is 1. The van der Waals surface area contributed by atoms with Crippen LogP contribution in [0.4, 0.5) is 10.5 Å². The van der Waals surface area contributed by atoms with Crippen LogP contribution in [-0.2, 0) is 7.05 Å². The largest absolute Gasteiger partial charge is 0.622 e. The first-order valence-corrected chi connectivity index (χ1v) is 10.2. The van der Waals surface area contributed by atoms with E-state index in [-0.39, 0.29) is 5.56 Å². The van der Waals surface area contributed by atoms with Gasteiger partial charge in [0.2, 0.25) is 0 Å². The Hall–Kier alpha value is -3.47. The minimum absolute atomic E-state index is 0.134. The van der Waals surface area contributed by atoms with Crippen LogP contribution in [0.5, 0.6) is 0 Å². The zero-order valence-corrected chi connectivity index (χ0v) is 16.4. The Morgan fingerprint density at radius 3 is 2.59 bits per heavy atom. The number of carboxylic acids is 1. The minimum atomic E-state index is -2.36. The predicted molar refractivity (Wildman–Crippen MR) is 115 cm³/mol. The Labute approximate surface area is 167 Å². The predicted octanol–water partition coefficient (Wildman–Crippen LogP) is 4.17. The molecule has 4 aromatic rings. The molecule has 4 rings (SSSR count). The second kappa shape index (κ2) is 7.51. The van der Waals surface area contributed by atoms with E-state index in [4.69, 9.17) is 0 Å². The Kier molecular flexibility index (Phi) is 4.89. The van der Waals surface area contributed by atoms with Gasteiger partial charge in [-0.2, -0.15) is 0 Å². The third-order valence-electron chi connectivity index (χ3n) is 4.72. The lowest BCUT2D eigenvalue weighted by Crippen LogP contribution is -2.11. The molecular formula is C22H17N2O4P. The SMILES string of the molecule is Cn1cc(C=[P+]([O-])C(=O)Nc2ccc3ccccc3c2)c2cc(C(=O)O)ccc21. The number of aryl methyl sites for hydroxylation is 1. The quantitative estimate of drug-likeness (QED) is 0.499. The van der Waals surface area contributed by atoms with E-state index in [1.165, 1.54) is 17.9 Å². The van der Waals surface area contributed by atoms with E-state index in [0.717, 1.165) is 16.3 Å². The molecular weight excluding hydrogens is 387 g/mol. The van der Waals surface area contributed by atoms with Crippen molar-refractivity contribution < 1.29 is 19.6 Å². The molecule has 144 valence electrons. The fourth-order valence-corrected chi connectivity index (χ4v) is 4.10. The van der Waals surface area contributed by atoms with E-state index in [1.807, 2.05) is 43.4 Å². The highest BCUT2D eigenvalue weighted by atomic mass is 31.1. The average molecular weight is 404 g/mol. The molecule has 0 fully saturated rings. The number of carboxylic acid groups (broad SMARTS) is 1. The van der Waals surface area contributed by atoms with E-state index in [9.17, 15) is 19.6 Å². The summed E-state index contributed by atoms with van der Waals surface area (Å²) in [5.41, 5.74) is 1.44. The summed E-state index contributed by atoms with van der Waals surface area (Å²) in [4.78, 5) is 36.3. The van der Waals surface area contributed by atoms with Gasteiger partial charge in [-0.05, 0) is 41.1 Å². The van der Waals surface area contributed by atoms with Crippen LogP contribution in [0.15, 0.2) is 66.9 Å². The van der Waals surface area contributed by atoms with Gasteiger partial charge in [-0.15, -0.1) is 0 Å². The number of carbonyl (C=O) groups is 2. The molecule has 0 aliphatic heterocycles. The van der Waals surface area contributed by atoms with Crippen molar-refractivity contribution in [3.8, 4) is 0 Å². The molecule has 6 nitrogen and oxygen atoms in total. The number of aromatic carboxylic acids is 1. The molecule has 29 heavy (non-hydrogen) atoms. The molecule has 0 saturated heterocycles. The van der Waals surface area contributed by atoms with Crippen LogP contribution in [0.3, 0.4) is 0 Å². The number of hydrogen-bond acceptors (Lipinski definition) is 3. The monoisotopic (exact) mass is 404 g/mol. The average Bonchev–Trinajstić information content (AvgIpc) is 3.02. The van der Waals surface area contributed by atoms with E-state index in [2.05, 4.69) is 5.32 Å². The Balaban J connectivity index is 1.64. The number of rotatable bonds is 4. The molecule has 0 spiro atoms. The highest BCUT2D eigenvalue weighted by Gasteiger charge is 2.16. The molecule has 0 aliphatic carbocycles. The van der Waals surface area contributed by atoms with Gasteiger partial charge >= 0.3 is 11.6 Å². The van der Waals surface area contributed by atoms with Crippen molar-refractivity contribution in [1.29, 1.82) is 0 Å². The molecule has 0 bridgehead atoms. The molecule has 0 radical (unpaired) electrons. The van der Waals surface area contributed by atoms with Gasteiger partial charge in [0, 0.05) is 35.4 Å². The Morgan fingerprint density at radius 2 is 1.83 bits per heavy atom. The van der Waals surface area contributed by atoms with Gasteiger partial charge in [-0.1, -0.05) is 30.3 Å². The van der Waals surface area contributed by atoms with E-state index >= 15 is 0 Å². The Bertz CT molecular complexity index is 1310. The molecule has 3 aromatic carbocycles. The molecule has 1 atom stereocenters. The highest BCUT2D eigenvalue weighted by Crippen LogP contribution is 2.26. The lowest BCUT2D eigenvalue weighted by atomic mass is 10.1. The van der Waals surface area contributed by atoms with Gasteiger partial charge in [0.15, 0.2) is 7.77 Å². The number of benzene rings is 3. The number of amides is 1. The maximum atomic E-state index is 12.6. The maximum Gasteiger partial charge on any atom is 0.417 e. The van der Waals surface area contributed by atoms with Gasteiger partial charge in [0.25, 0.3) is 0 Å². The summed E-state index contributed by atoms with van der Waals surface area (Å²) in [6, 6.07) is 18.0. The van der Waals surface area contributed by atoms with Crippen molar-refractivity contribution in [2.24, 2.45) is 7.05 Å². The summed E-state index contributed by atoms with van der Waals surface area (Å²) < 4.78 is 1.80. The van der Waals surface area contributed by atoms with Gasteiger partial charge in [0.1, 0.15) is 5.80 Å². The number of anilines is 1. The van der Waals surface area contributed by atoms with Gasteiger partial charge < -0.3 is 14.6 Å². The van der Waals surface area contributed by atoms with E-state index in [1.54, 1.807) is 22.9 Å². The second-order valence-corrected chi connectivity index (χ2v) is 8.00. The smallest absolute Gasteiger partial charge is 0.417 e. The maximum absolute atomic E-state index is 12.6. The van der Waals surface area contributed by atoms with Crippen molar-refractivity contribution in [1.82, 2.24) is 4.57 Å². The lowest BCUT2D eigenvalue weighted by Gasteiger charge is -2.04. The number of aromatic nitrogens is 1. The van der Waals surface area contributed by atoms with E-state index in [0.29, 0.717) is 16.6 Å². The van der Waals surface area contributed by atoms with Crippen LogP contribution in [0, 0.1) is 0 Å². The van der Waals surface area contributed by atoms with Gasteiger partial charge in [-0.3, -0.25) is 5.32 Å². The summed E-state index contributed by atoms with van der Waals surface area (Å²) in [7, 11) is -0.548. The highest BCUT2D eigenvalue weighted by molar-refractivity contribution is 7.68. The zero-order chi connectivity index (χ0) is 20.5. The number of hydrogen-bond donors (Lipinski definition) is 2. The van der Waals surface area contributed by atoms with Crippen molar-refractivity contribution in [2.75, 3.05) is 5.32 Å². The first-order chi connectivity index (χ1) is 13.9. The van der Waals surface area contributed by atoms with Crippen molar-refractivity contribution in [3.63, 3.8) is 0 Å². The summed E-state index contributed by atoms with van der Waals surface area (Å²) in [5, 5.41) is 14.5. The standard InChI is InChI=1S/C22H17N2O4P/c1-24-12-17(19-11-16(21(25)26)7-9-20(19)24)13-29(28)22(27)23-18-8-6-14-4-2-3-5-15(14)10-18/h2-13H,1H3,(H,23,27)(H,25,26). The summed E-state index contributed by atoms with van der Waals surface area (Å²) in [5.74, 6) is 0.333. The summed E-state index contributed by atoms with van der Waals surface area (Å²) >= 11 is 0. The van der Waals surface area contributed by atoms with Crippen LogP contribution >= 0.6 is 7.77 Å². The molecule has 1 heterocycles. The number of nitrogens with zero attached hydrogens (tertiary/aromatic N) is 1. The third kappa shape index (κ3) is 3.76. The van der Waals surface area contributed by atoms with Crippen molar-refractivity contribution in [3.05, 3.63) is 78.0 Å². The summed E-state index contributed by atoms with van der Waals surface area (Å²) in [6.07, 6.45) is 1.73. The van der Waals surface area contributed by atoms with Gasteiger partial charge in [0.05, 0.1) is 5.56 Å². The normalized spacial score (nSPS) is 11.7. The first kappa shape index (κ1) is 18.9. The molecule has 0 saturated carbocycles. The Morgan fingerprint density at radius 1 is 1.07 bits per heavy atom. The fraction of sp³-hybridized carbons (Fsp3) is 0.0455. The molecule has 1 unspecified atom stereocenters. The third-order valence-corrected chi connectivity index (χ3v) is 5.75. The molecule has 1 aromatic heterocycles. The van der Waals surface area contributed by atoms with Crippen LogP contribution in [0.25, 0.3) is 21.7 Å². The molecule has 2 N–H and O–H groups in total. The molecule has 1 amide bonds.